The monoisotopic (exact) mass is 418 g/mol. The number of hydrogen-bond acceptors (Lipinski definition) is 5. The topological polar surface area (TPSA) is 55.1 Å². The van der Waals surface area contributed by atoms with Crippen molar-refractivity contribution in [3.05, 3.63) is 83.9 Å². The molecule has 6 heteroatoms. The van der Waals surface area contributed by atoms with E-state index in [4.69, 9.17) is 4.42 Å². The molecule has 1 aliphatic heterocycles. The van der Waals surface area contributed by atoms with Gasteiger partial charge in [-0.05, 0) is 54.1 Å². The number of amides is 1. The smallest absolute Gasteiger partial charge is 0.255 e. The summed E-state index contributed by atoms with van der Waals surface area (Å²) in [5.41, 5.74) is 5.13. The van der Waals surface area contributed by atoms with Gasteiger partial charge in [0.1, 0.15) is 5.52 Å². The number of aromatic nitrogens is 1. The first kappa shape index (κ1) is 18.3. The van der Waals surface area contributed by atoms with Crippen molar-refractivity contribution in [3.8, 4) is 11.5 Å². The van der Waals surface area contributed by atoms with Crippen LogP contribution in [0.4, 0.5) is 5.69 Å². The fourth-order valence-corrected chi connectivity index (χ4v) is 6.10. The first-order chi connectivity index (χ1) is 14.3. The van der Waals surface area contributed by atoms with Gasteiger partial charge in [0.25, 0.3) is 5.91 Å². The standard InChI is InChI=1S/C23H18N2O2S2/c26-21(15-5-7-17(8-6-15)23-28-13-14-29-23)24-18-11-9-16(10-12-18)22-25-19-3-1-2-4-20(19)27-22/h1-12,23H,13-14H2,(H,24,26). The molecule has 1 amide bonds. The van der Waals surface area contributed by atoms with Gasteiger partial charge in [-0.1, -0.05) is 24.3 Å². The Balaban J connectivity index is 1.28. The summed E-state index contributed by atoms with van der Waals surface area (Å²) in [5, 5.41) is 2.95. The SMILES string of the molecule is O=C(Nc1ccc(-c2nc3ccccc3o2)cc1)c1ccc(C2SCCS2)cc1. The van der Waals surface area contributed by atoms with E-state index in [9.17, 15) is 4.79 Å². The number of benzene rings is 3. The lowest BCUT2D eigenvalue weighted by molar-refractivity contribution is 0.102. The molecule has 1 fully saturated rings. The number of anilines is 1. The highest BCUT2D eigenvalue weighted by Gasteiger charge is 2.18. The molecule has 1 aromatic heterocycles. The van der Waals surface area contributed by atoms with Gasteiger partial charge in [-0.2, -0.15) is 0 Å². The second kappa shape index (κ2) is 7.97. The van der Waals surface area contributed by atoms with Crippen molar-refractivity contribution in [2.45, 2.75) is 4.58 Å². The molecule has 4 aromatic rings. The summed E-state index contributed by atoms with van der Waals surface area (Å²) < 4.78 is 6.29. The minimum absolute atomic E-state index is 0.113. The zero-order valence-electron chi connectivity index (χ0n) is 15.5. The fourth-order valence-electron chi connectivity index (χ4n) is 3.24. The second-order valence-electron chi connectivity index (χ2n) is 6.71. The molecule has 29 heavy (non-hydrogen) atoms. The van der Waals surface area contributed by atoms with E-state index in [1.54, 1.807) is 0 Å². The van der Waals surface area contributed by atoms with Gasteiger partial charge in [-0.25, -0.2) is 4.98 Å². The van der Waals surface area contributed by atoms with E-state index in [0.717, 1.165) is 22.4 Å². The number of nitrogens with zero attached hydrogens (tertiary/aromatic N) is 1. The van der Waals surface area contributed by atoms with Crippen LogP contribution in [0.1, 0.15) is 20.5 Å². The van der Waals surface area contributed by atoms with Crippen molar-refractivity contribution in [2.75, 3.05) is 16.8 Å². The number of para-hydroxylation sites is 2. The number of carbonyl (C=O) groups is 1. The number of hydrogen-bond donors (Lipinski definition) is 1. The van der Waals surface area contributed by atoms with Gasteiger partial charge >= 0.3 is 0 Å². The fraction of sp³-hybridized carbons (Fsp3) is 0.130. The highest BCUT2D eigenvalue weighted by Crippen LogP contribution is 2.45. The van der Waals surface area contributed by atoms with Crippen LogP contribution in [0, 0.1) is 0 Å². The van der Waals surface area contributed by atoms with E-state index < -0.39 is 0 Å². The van der Waals surface area contributed by atoms with E-state index >= 15 is 0 Å². The van der Waals surface area contributed by atoms with Crippen molar-refractivity contribution in [2.24, 2.45) is 0 Å². The summed E-state index contributed by atoms with van der Waals surface area (Å²) in [4.78, 5) is 17.1. The van der Waals surface area contributed by atoms with Gasteiger partial charge in [-0.15, -0.1) is 23.5 Å². The zero-order chi connectivity index (χ0) is 19.6. The van der Waals surface area contributed by atoms with Crippen LogP contribution >= 0.6 is 23.5 Å². The molecular weight excluding hydrogens is 400 g/mol. The Morgan fingerprint density at radius 3 is 2.38 bits per heavy atom. The molecule has 0 bridgehead atoms. The third-order valence-electron chi connectivity index (χ3n) is 4.75. The van der Waals surface area contributed by atoms with Crippen molar-refractivity contribution in [1.29, 1.82) is 0 Å². The predicted molar refractivity (Wildman–Crippen MR) is 121 cm³/mol. The van der Waals surface area contributed by atoms with Crippen LogP contribution in [-0.2, 0) is 0 Å². The van der Waals surface area contributed by atoms with Crippen molar-refractivity contribution < 1.29 is 9.21 Å². The lowest BCUT2D eigenvalue weighted by Crippen LogP contribution is -2.11. The van der Waals surface area contributed by atoms with Crippen molar-refractivity contribution in [1.82, 2.24) is 4.98 Å². The molecule has 0 aliphatic carbocycles. The van der Waals surface area contributed by atoms with Crippen LogP contribution in [-0.4, -0.2) is 22.4 Å². The molecule has 0 spiro atoms. The summed E-state index contributed by atoms with van der Waals surface area (Å²) in [5.74, 6) is 2.84. The average molecular weight is 419 g/mol. The summed E-state index contributed by atoms with van der Waals surface area (Å²) in [7, 11) is 0. The quantitative estimate of drug-likeness (QED) is 0.426. The van der Waals surface area contributed by atoms with Crippen LogP contribution in [0.5, 0.6) is 0 Å². The van der Waals surface area contributed by atoms with Gasteiger partial charge in [-0.3, -0.25) is 4.79 Å². The lowest BCUT2D eigenvalue weighted by atomic mass is 10.1. The first-order valence-corrected chi connectivity index (χ1v) is 11.5. The largest absolute Gasteiger partial charge is 0.436 e. The van der Waals surface area contributed by atoms with E-state index in [1.807, 2.05) is 84.2 Å². The van der Waals surface area contributed by atoms with Crippen LogP contribution in [0.15, 0.2) is 77.2 Å². The molecule has 5 rings (SSSR count). The van der Waals surface area contributed by atoms with Crippen LogP contribution in [0.25, 0.3) is 22.6 Å². The molecule has 2 heterocycles. The maximum Gasteiger partial charge on any atom is 0.255 e. The molecule has 3 aromatic carbocycles. The number of rotatable bonds is 4. The first-order valence-electron chi connectivity index (χ1n) is 9.37. The summed E-state index contributed by atoms with van der Waals surface area (Å²) in [6.07, 6.45) is 0. The maximum absolute atomic E-state index is 12.6. The van der Waals surface area contributed by atoms with Gasteiger partial charge in [0.05, 0.1) is 4.58 Å². The molecule has 1 saturated heterocycles. The Morgan fingerprint density at radius 2 is 1.66 bits per heavy atom. The third kappa shape index (κ3) is 3.91. The second-order valence-corrected chi connectivity index (χ2v) is 9.44. The number of carbonyl (C=O) groups excluding carboxylic acids is 1. The van der Waals surface area contributed by atoms with Crippen molar-refractivity contribution >= 4 is 46.2 Å². The number of oxazole rings is 1. The normalized spacial score (nSPS) is 14.3. The molecule has 1 aliphatic rings. The van der Waals surface area contributed by atoms with Gasteiger partial charge in [0.2, 0.25) is 5.89 Å². The van der Waals surface area contributed by atoms with Crippen LogP contribution in [0.3, 0.4) is 0 Å². The molecule has 0 radical (unpaired) electrons. The van der Waals surface area contributed by atoms with Crippen LogP contribution in [0.2, 0.25) is 0 Å². The zero-order valence-corrected chi connectivity index (χ0v) is 17.1. The Kier molecular flexibility index (Phi) is 5.04. The lowest BCUT2D eigenvalue weighted by Gasteiger charge is -2.10. The molecule has 1 N–H and O–H groups in total. The molecule has 0 saturated carbocycles. The Morgan fingerprint density at radius 1 is 0.931 bits per heavy atom. The summed E-state index contributed by atoms with van der Waals surface area (Å²) >= 11 is 3.93. The Bertz CT molecular complexity index is 1110. The summed E-state index contributed by atoms with van der Waals surface area (Å²) in [6.45, 7) is 0. The maximum atomic E-state index is 12.6. The van der Waals surface area contributed by atoms with Gasteiger partial charge in [0, 0.05) is 28.3 Å². The van der Waals surface area contributed by atoms with E-state index in [-0.39, 0.29) is 5.91 Å². The van der Waals surface area contributed by atoms with E-state index in [1.165, 1.54) is 17.1 Å². The van der Waals surface area contributed by atoms with Crippen molar-refractivity contribution in [3.63, 3.8) is 0 Å². The predicted octanol–water partition coefficient (Wildman–Crippen LogP) is 6.23. The molecule has 0 unspecified atom stereocenters. The van der Waals surface area contributed by atoms with Crippen LogP contribution < -0.4 is 5.32 Å². The minimum atomic E-state index is -0.113. The molecule has 144 valence electrons. The van der Waals surface area contributed by atoms with Gasteiger partial charge < -0.3 is 9.73 Å². The van der Waals surface area contributed by atoms with E-state index in [0.29, 0.717) is 16.0 Å². The number of thioether (sulfide) groups is 2. The molecule has 0 atom stereocenters. The average Bonchev–Trinajstić information content (AvgIpc) is 3.44. The highest BCUT2D eigenvalue weighted by atomic mass is 32.2. The van der Waals surface area contributed by atoms with E-state index in [2.05, 4.69) is 22.4 Å². The Hall–Kier alpha value is -2.70. The van der Waals surface area contributed by atoms with Gasteiger partial charge in [0.15, 0.2) is 5.58 Å². The minimum Gasteiger partial charge on any atom is -0.436 e. The summed E-state index contributed by atoms with van der Waals surface area (Å²) in [6, 6.07) is 23.1. The Labute approximate surface area is 177 Å². The number of fused-ring (bicyclic) bond motifs is 1. The highest BCUT2D eigenvalue weighted by molar-refractivity contribution is 8.19. The molecular formula is C23H18N2O2S2. The molecule has 4 nitrogen and oxygen atoms in total. The number of nitrogens with one attached hydrogen (secondary N) is 1. The third-order valence-corrected chi connectivity index (χ3v) is 7.85.